The first-order valence-corrected chi connectivity index (χ1v) is 7.31. The van der Waals surface area contributed by atoms with Crippen molar-refractivity contribution in [1.82, 2.24) is 5.32 Å². The smallest absolute Gasteiger partial charge is 0.220 e. The van der Waals surface area contributed by atoms with Gasteiger partial charge < -0.3 is 19.9 Å². The van der Waals surface area contributed by atoms with Crippen molar-refractivity contribution in [2.75, 3.05) is 26.9 Å². The van der Waals surface area contributed by atoms with E-state index in [1.54, 1.807) is 7.11 Å². The number of aliphatic hydroxyl groups excluding tert-OH is 1. The molecule has 1 saturated heterocycles. The van der Waals surface area contributed by atoms with E-state index < -0.39 is 5.54 Å². The van der Waals surface area contributed by atoms with Gasteiger partial charge in [-0.15, -0.1) is 0 Å². The van der Waals surface area contributed by atoms with E-state index >= 15 is 0 Å². The molecule has 1 aliphatic heterocycles. The monoisotopic (exact) mass is 293 g/mol. The molecule has 1 heterocycles. The molecule has 116 valence electrons. The van der Waals surface area contributed by atoms with Crippen LogP contribution < -0.4 is 10.1 Å². The number of carbonyl (C=O) groups is 1. The predicted octanol–water partition coefficient (Wildman–Crippen LogP) is 1.29. The summed E-state index contributed by atoms with van der Waals surface area (Å²) in [6.07, 6.45) is 2.31. The molecular formula is C16H23NO4. The highest BCUT2D eigenvalue weighted by atomic mass is 16.5. The van der Waals surface area contributed by atoms with Gasteiger partial charge in [0.1, 0.15) is 5.75 Å². The molecule has 1 aromatic carbocycles. The lowest BCUT2D eigenvalue weighted by Gasteiger charge is -2.36. The zero-order valence-corrected chi connectivity index (χ0v) is 12.4. The Balaban J connectivity index is 1.89. The zero-order chi connectivity index (χ0) is 15.1. The highest BCUT2D eigenvalue weighted by Gasteiger charge is 2.33. The first kappa shape index (κ1) is 15.8. The van der Waals surface area contributed by atoms with Crippen LogP contribution in [0.15, 0.2) is 24.3 Å². The molecule has 0 spiro atoms. The molecule has 0 radical (unpaired) electrons. The van der Waals surface area contributed by atoms with Crippen molar-refractivity contribution in [3.63, 3.8) is 0 Å². The van der Waals surface area contributed by atoms with E-state index in [4.69, 9.17) is 9.47 Å². The summed E-state index contributed by atoms with van der Waals surface area (Å²) in [5.41, 5.74) is 0.496. The van der Waals surface area contributed by atoms with Gasteiger partial charge in [-0.3, -0.25) is 4.79 Å². The maximum Gasteiger partial charge on any atom is 0.220 e. The fourth-order valence-corrected chi connectivity index (χ4v) is 2.60. The number of hydrogen-bond acceptors (Lipinski definition) is 4. The van der Waals surface area contributed by atoms with Crippen molar-refractivity contribution in [3.05, 3.63) is 29.8 Å². The Morgan fingerprint density at radius 2 is 2.10 bits per heavy atom. The zero-order valence-electron chi connectivity index (χ0n) is 12.4. The molecule has 1 aliphatic rings. The fraction of sp³-hybridized carbons (Fsp3) is 0.562. The third kappa shape index (κ3) is 4.19. The minimum Gasteiger partial charge on any atom is -0.496 e. The molecule has 1 amide bonds. The van der Waals surface area contributed by atoms with Crippen molar-refractivity contribution < 1.29 is 19.4 Å². The van der Waals surface area contributed by atoms with Gasteiger partial charge in [0.15, 0.2) is 0 Å². The molecule has 5 heteroatoms. The Labute approximate surface area is 125 Å². The molecule has 1 fully saturated rings. The number of methoxy groups -OCH3 is 1. The van der Waals surface area contributed by atoms with Crippen LogP contribution >= 0.6 is 0 Å². The molecule has 0 bridgehead atoms. The molecule has 21 heavy (non-hydrogen) atoms. The SMILES string of the molecule is COc1ccccc1CCC(=O)NC1(CO)CCOCC1. The van der Waals surface area contributed by atoms with Gasteiger partial charge in [0, 0.05) is 19.6 Å². The van der Waals surface area contributed by atoms with E-state index in [1.807, 2.05) is 24.3 Å². The highest BCUT2D eigenvalue weighted by Crippen LogP contribution is 2.21. The summed E-state index contributed by atoms with van der Waals surface area (Å²) in [7, 11) is 1.63. The van der Waals surface area contributed by atoms with E-state index in [0.717, 1.165) is 11.3 Å². The topological polar surface area (TPSA) is 67.8 Å². The number of rotatable bonds is 6. The van der Waals surface area contributed by atoms with Crippen LogP contribution in [0.2, 0.25) is 0 Å². The number of aliphatic hydroxyl groups is 1. The average molecular weight is 293 g/mol. The maximum absolute atomic E-state index is 12.1. The predicted molar refractivity (Wildman–Crippen MR) is 79.3 cm³/mol. The first-order valence-electron chi connectivity index (χ1n) is 7.31. The number of para-hydroxylation sites is 1. The Kier molecular flexibility index (Phi) is 5.59. The Bertz CT molecular complexity index is 469. The standard InChI is InChI=1S/C16H23NO4/c1-20-14-5-3-2-4-13(14)6-7-15(19)17-16(12-18)8-10-21-11-9-16/h2-5,18H,6-12H2,1H3,(H,17,19). The van der Waals surface area contributed by atoms with Crippen LogP contribution in [-0.4, -0.2) is 43.5 Å². The number of aryl methyl sites for hydroxylation is 1. The van der Waals surface area contributed by atoms with Crippen molar-refractivity contribution in [3.8, 4) is 5.75 Å². The third-order valence-electron chi connectivity index (χ3n) is 3.97. The first-order chi connectivity index (χ1) is 10.2. The Hall–Kier alpha value is -1.59. The number of hydrogen-bond donors (Lipinski definition) is 2. The van der Waals surface area contributed by atoms with Gasteiger partial charge in [-0.25, -0.2) is 0 Å². The van der Waals surface area contributed by atoms with Crippen molar-refractivity contribution >= 4 is 5.91 Å². The molecular weight excluding hydrogens is 270 g/mol. The van der Waals surface area contributed by atoms with Crippen LogP contribution in [0.4, 0.5) is 0 Å². The summed E-state index contributed by atoms with van der Waals surface area (Å²) in [6, 6.07) is 7.69. The van der Waals surface area contributed by atoms with E-state index in [0.29, 0.717) is 38.9 Å². The van der Waals surface area contributed by atoms with Crippen molar-refractivity contribution in [2.24, 2.45) is 0 Å². The average Bonchev–Trinajstić information content (AvgIpc) is 2.54. The number of nitrogens with one attached hydrogen (secondary N) is 1. The molecule has 2 N–H and O–H groups in total. The second-order valence-electron chi connectivity index (χ2n) is 5.41. The molecule has 0 unspecified atom stereocenters. The van der Waals surface area contributed by atoms with Gasteiger partial charge in [0.25, 0.3) is 0 Å². The summed E-state index contributed by atoms with van der Waals surface area (Å²) >= 11 is 0. The van der Waals surface area contributed by atoms with Crippen LogP contribution in [-0.2, 0) is 16.0 Å². The normalized spacial score (nSPS) is 17.2. The number of benzene rings is 1. The Morgan fingerprint density at radius 3 is 2.76 bits per heavy atom. The lowest BCUT2D eigenvalue weighted by atomic mass is 9.90. The van der Waals surface area contributed by atoms with Crippen LogP contribution in [0.5, 0.6) is 5.75 Å². The van der Waals surface area contributed by atoms with Gasteiger partial charge in [-0.2, -0.15) is 0 Å². The second-order valence-corrected chi connectivity index (χ2v) is 5.41. The summed E-state index contributed by atoms with van der Waals surface area (Å²) in [5.74, 6) is 0.755. The molecule has 2 rings (SSSR count). The van der Waals surface area contributed by atoms with Crippen LogP contribution in [0, 0.1) is 0 Å². The lowest BCUT2D eigenvalue weighted by molar-refractivity contribution is -0.125. The maximum atomic E-state index is 12.1. The fourth-order valence-electron chi connectivity index (χ4n) is 2.60. The van der Waals surface area contributed by atoms with E-state index in [9.17, 15) is 9.90 Å². The third-order valence-corrected chi connectivity index (χ3v) is 3.97. The largest absolute Gasteiger partial charge is 0.496 e. The lowest BCUT2D eigenvalue weighted by Crippen LogP contribution is -2.54. The van der Waals surface area contributed by atoms with Crippen molar-refractivity contribution in [1.29, 1.82) is 0 Å². The summed E-state index contributed by atoms with van der Waals surface area (Å²) < 4.78 is 10.6. The summed E-state index contributed by atoms with van der Waals surface area (Å²) in [5, 5.41) is 12.5. The Morgan fingerprint density at radius 1 is 1.38 bits per heavy atom. The van der Waals surface area contributed by atoms with Gasteiger partial charge in [0.2, 0.25) is 5.91 Å². The van der Waals surface area contributed by atoms with Crippen LogP contribution in [0.1, 0.15) is 24.8 Å². The molecule has 5 nitrogen and oxygen atoms in total. The van der Waals surface area contributed by atoms with Crippen LogP contribution in [0.3, 0.4) is 0 Å². The minimum absolute atomic E-state index is 0.0446. The van der Waals surface area contributed by atoms with E-state index in [2.05, 4.69) is 5.32 Å². The molecule has 0 aromatic heterocycles. The highest BCUT2D eigenvalue weighted by molar-refractivity contribution is 5.77. The summed E-state index contributed by atoms with van der Waals surface area (Å²) in [4.78, 5) is 12.1. The quantitative estimate of drug-likeness (QED) is 0.829. The van der Waals surface area contributed by atoms with E-state index in [1.165, 1.54) is 0 Å². The van der Waals surface area contributed by atoms with Gasteiger partial charge in [-0.1, -0.05) is 18.2 Å². The van der Waals surface area contributed by atoms with Crippen molar-refractivity contribution in [2.45, 2.75) is 31.2 Å². The van der Waals surface area contributed by atoms with Gasteiger partial charge in [-0.05, 0) is 30.9 Å². The van der Waals surface area contributed by atoms with Crippen LogP contribution in [0.25, 0.3) is 0 Å². The molecule has 0 aliphatic carbocycles. The summed E-state index contributed by atoms with van der Waals surface area (Å²) in [6.45, 7) is 1.11. The molecule has 1 aromatic rings. The van der Waals surface area contributed by atoms with Gasteiger partial charge in [0.05, 0.1) is 19.3 Å². The number of amides is 1. The number of carbonyl (C=O) groups excluding carboxylic acids is 1. The number of ether oxygens (including phenoxy) is 2. The minimum atomic E-state index is -0.518. The van der Waals surface area contributed by atoms with E-state index in [-0.39, 0.29) is 12.5 Å². The molecule has 0 atom stereocenters. The van der Waals surface area contributed by atoms with Gasteiger partial charge >= 0.3 is 0 Å². The second kappa shape index (κ2) is 7.43. The molecule has 0 saturated carbocycles.